The predicted molar refractivity (Wildman–Crippen MR) is 62.1 cm³/mol. The Morgan fingerprint density at radius 2 is 2.11 bits per heavy atom. The summed E-state index contributed by atoms with van der Waals surface area (Å²) in [7, 11) is 0. The molecule has 7 heteroatoms. The molecule has 1 unspecified atom stereocenters. The van der Waals surface area contributed by atoms with Gasteiger partial charge in [-0.2, -0.15) is 13.2 Å². The van der Waals surface area contributed by atoms with E-state index in [2.05, 4.69) is 5.32 Å². The zero-order valence-electron chi connectivity index (χ0n) is 10.5. The second-order valence-corrected chi connectivity index (χ2v) is 4.51. The molecule has 0 aromatic rings. The number of urea groups is 1. The minimum atomic E-state index is -4.43. The van der Waals surface area contributed by atoms with Gasteiger partial charge in [0.25, 0.3) is 0 Å². The molecule has 4 nitrogen and oxygen atoms in total. The predicted octanol–water partition coefficient (Wildman–Crippen LogP) is 1.85. The van der Waals surface area contributed by atoms with Gasteiger partial charge in [-0.3, -0.25) is 0 Å². The fourth-order valence-electron chi connectivity index (χ4n) is 1.86. The maximum atomic E-state index is 13.0. The fourth-order valence-corrected chi connectivity index (χ4v) is 1.86. The molecule has 0 aliphatic heterocycles. The van der Waals surface area contributed by atoms with Crippen LogP contribution >= 0.6 is 0 Å². The minimum absolute atomic E-state index is 0.0888. The Kier molecular flexibility index (Phi) is 5.25. The summed E-state index contributed by atoms with van der Waals surface area (Å²) in [6, 6.07) is -2.69. The van der Waals surface area contributed by atoms with Crippen molar-refractivity contribution in [2.24, 2.45) is 5.73 Å². The first kappa shape index (κ1) is 15.1. The summed E-state index contributed by atoms with van der Waals surface area (Å²) >= 11 is 0. The SMILES string of the molecule is CCCNC(=O)N(C1CC1)C(CCN)C(F)(F)F. The van der Waals surface area contributed by atoms with Gasteiger partial charge in [0.2, 0.25) is 0 Å². The summed E-state index contributed by atoms with van der Waals surface area (Å²) in [5.41, 5.74) is 5.23. The van der Waals surface area contributed by atoms with E-state index in [1.165, 1.54) is 0 Å². The summed E-state index contributed by atoms with van der Waals surface area (Å²) in [5.74, 6) is 0. The Morgan fingerprint density at radius 3 is 2.50 bits per heavy atom. The normalized spacial score (nSPS) is 17.4. The van der Waals surface area contributed by atoms with Crippen LogP contribution < -0.4 is 11.1 Å². The van der Waals surface area contributed by atoms with Crippen LogP contribution in [0.2, 0.25) is 0 Å². The lowest BCUT2D eigenvalue weighted by Gasteiger charge is -2.33. The second-order valence-electron chi connectivity index (χ2n) is 4.51. The van der Waals surface area contributed by atoms with Gasteiger partial charge in [-0.15, -0.1) is 0 Å². The molecule has 1 aliphatic rings. The molecule has 2 amide bonds. The number of carbonyl (C=O) groups excluding carboxylic acids is 1. The van der Waals surface area contributed by atoms with Gasteiger partial charge < -0.3 is 16.0 Å². The van der Waals surface area contributed by atoms with Gasteiger partial charge in [0.15, 0.2) is 0 Å². The summed E-state index contributed by atoms with van der Waals surface area (Å²) < 4.78 is 38.9. The number of alkyl halides is 3. The van der Waals surface area contributed by atoms with Crippen molar-refractivity contribution in [1.29, 1.82) is 0 Å². The van der Waals surface area contributed by atoms with Crippen LogP contribution in [0.4, 0.5) is 18.0 Å². The molecule has 1 aliphatic carbocycles. The molecule has 0 radical (unpaired) electrons. The summed E-state index contributed by atoms with van der Waals surface area (Å²) in [6.07, 6.45) is -2.71. The van der Waals surface area contributed by atoms with Crippen molar-refractivity contribution in [3.8, 4) is 0 Å². The zero-order valence-corrected chi connectivity index (χ0v) is 10.5. The van der Waals surface area contributed by atoms with Crippen LogP contribution in [-0.2, 0) is 0 Å². The number of rotatable bonds is 6. The van der Waals surface area contributed by atoms with E-state index in [-0.39, 0.29) is 19.0 Å². The van der Waals surface area contributed by atoms with Gasteiger partial charge in [0.1, 0.15) is 6.04 Å². The molecule has 0 saturated heterocycles. The third-order valence-electron chi connectivity index (χ3n) is 2.85. The van der Waals surface area contributed by atoms with Crippen LogP contribution in [0.5, 0.6) is 0 Å². The van der Waals surface area contributed by atoms with E-state index < -0.39 is 18.2 Å². The number of amides is 2. The molecule has 1 fully saturated rings. The van der Waals surface area contributed by atoms with Crippen molar-refractivity contribution in [3.63, 3.8) is 0 Å². The van der Waals surface area contributed by atoms with E-state index in [0.29, 0.717) is 25.8 Å². The van der Waals surface area contributed by atoms with Gasteiger partial charge in [-0.1, -0.05) is 6.92 Å². The third kappa shape index (κ3) is 4.04. The number of hydrogen-bond acceptors (Lipinski definition) is 2. The minimum Gasteiger partial charge on any atom is -0.338 e. The number of halogens is 3. The van der Waals surface area contributed by atoms with Crippen molar-refractivity contribution >= 4 is 6.03 Å². The quantitative estimate of drug-likeness (QED) is 0.771. The standard InChI is InChI=1S/C11H20F3N3O/c1-2-7-16-10(18)17(8-3-4-8)9(5-6-15)11(12,13)14/h8-9H,2-7,15H2,1H3,(H,16,18). The Hall–Kier alpha value is -0.980. The topological polar surface area (TPSA) is 58.4 Å². The van der Waals surface area contributed by atoms with Crippen LogP contribution in [0.1, 0.15) is 32.6 Å². The molecule has 0 aromatic heterocycles. The molecule has 0 spiro atoms. The van der Waals surface area contributed by atoms with Gasteiger partial charge in [-0.05, 0) is 32.2 Å². The fraction of sp³-hybridized carbons (Fsp3) is 0.909. The number of nitrogens with one attached hydrogen (secondary N) is 1. The summed E-state index contributed by atoms with van der Waals surface area (Å²) in [6.45, 7) is 2.15. The van der Waals surface area contributed by atoms with E-state index in [1.54, 1.807) is 0 Å². The molecular formula is C11H20F3N3O. The zero-order chi connectivity index (χ0) is 13.8. The molecule has 0 aromatic carbocycles. The number of hydrogen-bond donors (Lipinski definition) is 2. The van der Waals surface area contributed by atoms with Crippen LogP contribution in [-0.4, -0.2) is 42.3 Å². The first-order valence-corrected chi connectivity index (χ1v) is 6.24. The highest BCUT2D eigenvalue weighted by atomic mass is 19.4. The smallest absolute Gasteiger partial charge is 0.338 e. The van der Waals surface area contributed by atoms with Crippen LogP contribution in [0, 0.1) is 0 Å². The van der Waals surface area contributed by atoms with Gasteiger partial charge in [-0.25, -0.2) is 4.79 Å². The third-order valence-corrected chi connectivity index (χ3v) is 2.85. The number of carbonyl (C=O) groups is 1. The van der Waals surface area contributed by atoms with E-state index in [1.807, 2.05) is 6.92 Å². The molecular weight excluding hydrogens is 247 g/mol. The van der Waals surface area contributed by atoms with Crippen LogP contribution in [0.15, 0.2) is 0 Å². The highest BCUT2D eigenvalue weighted by Gasteiger charge is 2.49. The van der Waals surface area contributed by atoms with Gasteiger partial charge in [0, 0.05) is 12.6 Å². The van der Waals surface area contributed by atoms with E-state index in [4.69, 9.17) is 5.73 Å². The average Bonchev–Trinajstić information content (AvgIpc) is 3.08. The molecule has 106 valence electrons. The van der Waals surface area contributed by atoms with Crippen molar-refractivity contribution < 1.29 is 18.0 Å². The Balaban J connectivity index is 2.77. The molecule has 0 heterocycles. The van der Waals surface area contributed by atoms with Gasteiger partial charge in [0.05, 0.1) is 0 Å². The second kappa shape index (κ2) is 6.26. The van der Waals surface area contributed by atoms with E-state index in [0.717, 1.165) is 4.90 Å². The molecule has 1 rings (SSSR count). The maximum absolute atomic E-state index is 13.0. The molecule has 1 saturated carbocycles. The molecule has 3 N–H and O–H groups in total. The largest absolute Gasteiger partial charge is 0.408 e. The van der Waals surface area contributed by atoms with Crippen LogP contribution in [0.25, 0.3) is 0 Å². The lowest BCUT2D eigenvalue weighted by molar-refractivity contribution is -0.178. The Bertz CT molecular complexity index is 279. The van der Waals surface area contributed by atoms with Gasteiger partial charge >= 0.3 is 12.2 Å². The lowest BCUT2D eigenvalue weighted by Crippen LogP contribution is -2.54. The first-order chi connectivity index (χ1) is 8.41. The lowest BCUT2D eigenvalue weighted by atomic mass is 10.1. The number of nitrogens with zero attached hydrogens (tertiary/aromatic N) is 1. The average molecular weight is 267 g/mol. The van der Waals surface area contributed by atoms with E-state index >= 15 is 0 Å². The first-order valence-electron chi connectivity index (χ1n) is 6.24. The number of nitrogens with two attached hydrogens (primary N) is 1. The van der Waals surface area contributed by atoms with Crippen LogP contribution in [0.3, 0.4) is 0 Å². The maximum Gasteiger partial charge on any atom is 0.408 e. The van der Waals surface area contributed by atoms with Crippen molar-refractivity contribution in [3.05, 3.63) is 0 Å². The Labute approximate surface area is 105 Å². The highest BCUT2D eigenvalue weighted by Crippen LogP contribution is 2.35. The summed E-state index contributed by atoms with van der Waals surface area (Å²) in [4.78, 5) is 12.8. The van der Waals surface area contributed by atoms with Crippen molar-refractivity contribution in [2.75, 3.05) is 13.1 Å². The molecule has 0 bridgehead atoms. The van der Waals surface area contributed by atoms with Crippen molar-refractivity contribution in [1.82, 2.24) is 10.2 Å². The Morgan fingerprint density at radius 1 is 1.50 bits per heavy atom. The summed E-state index contributed by atoms with van der Waals surface area (Å²) in [5, 5.41) is 2.51. The highest BCUT2D eigenvalue weighted by molar-refractivity contribution is 5.75. The van der Waals surface area contributed by atoms with Crippen molar-refractivity contribution in [2.45, 2.75) is 50.9 Å². The van der Waals surface area contributed by atoms with E-state index in [9.17, 15) is 18.0 Å². The molecule has 1 atom stereocenters. The monoisotopic (exact) mass is 267 g/mol. The molecule has 18 heavy (non-hydrogen) atoms.